The van der Waals surface area contributed by atoms with Gasteiger partial charge in [0.1, 0.15) is 22.7 Å². The van der Waals surface area contributed by atoms with Crippen molar-refractivity contribution >= 4 is 22.8 Å². The maximum absolute atomic E-state index is 5.33. The van der Waals surface area contributed by atoms with Crippen molar-refractivity contribution in [1.82, 2.24) is 14.5 Å². The summed E-state index contributed by atoms with van der Waals surface area (Å²) in [4.78, 5) is 9.36. The van der Waals surface area contributed by atoms with Crippen LogP contribution in [0.15, 0.2) is 96.4 Å². The second kappa shape index (κ2) is 8.89. The topological polar surface area (TPSA) is 39.9 Å². The minimum atomic E-state index is 0.831. The minimum absolute atomic E-state index is 0.831. The summed E-state index contributed by atoms with van der Waals surface area (Å²) in [6, 6.07) is 27.1. The fraction of sp³-hybridized carbons (Fsp3) is 0.111. The largest absolute Gasteiger partial charge is 0.497 e. The van der Waals surface area contributed by atoms with Crippen LogP contribution in [0.4, 0.5) is 0 Å². The van der Waals surface area contributed by atoms with E-state index in [4.69, 9.17) is 4.74 Å². The third kappa shape index (κ3) is 3.99. The second-order valence-corrected chi connectivity index (χ2v) is 8.59. The summed E-state index contributed by atoms with van der Waals surface area (Å²) in [5.41, 5.74) is 6.76. The highest BCUT2D eigenvalue weighted by atomic mass is 32.2. The molecule has 158 valence electrons. The lowest BCUT2D eigenvalue weighted by molar-refractivity contribution is 0.415. The van der Waals surface area contributed by atoms with E-state index in [0.717, 1.165) is 44.4 Å². The first-order chi connectivity index (χ1) is 15.7. The highest BCUT2D eigenvalue weighted by Crippen LogP contribution is 2.37. The summed E-state index contributed by atoms with van der Waals surface area (Å²) in [6.45, 7) is 2.11. The van der Waals surface area contributed by atoms with Crippen LogP contribution in [0.25, 0.3) is 27.8 Å². The Kier molecular flexibility index (Phi) is 5.65. The molecule has 0 aliphatic heterocycles. The molecule has 0 fully saturated rings. The Morgan fingerprint density at radius 3 is 2.34 bits per heavy atom. The van der Waals surface area contributed by atoms with E-state index in [2.05, 4.69) is 76.2 Å². The van der Waals surface area contributed by atoms with E-state index in [-0.39, 0.29) is 0 Å². The number of rotatable bonds is 6. The maximum Gasteiger partial charge on any atom is 0.149 e. The van der Waals surface area contributed by atoms with Crippen molar-refractivity contribution in [3.8, 4) is 22.6 Å². The third-order valence-electron chi connectivity index (χ3n) is 5.48. The SMILES string of the molecule is COc1ccc(-n2cc(-c3ccccc3)c3c(SCc4ccc(C)cc4)ncnc32)cc1. The van der Waals surface area contributed by atoms with Crippen LogP contribution >= 0.6 is 11.8 Å². The zero-order valence-electron chi connectivity index (χ0n) is 18.0. The standard InChI is InChI=1S/C27H23N3OS/c1-19-8-10-20(11-9-19)17-32-27-25-24(21-6-4-3-5-7-21)16-30(26(25)28-18-29-27)22-12-14-23(31-2)15-13-22/h3-16,18H,17H2,1-2H3. The van der Waals surface area contributed by atoms with Crippen LogP contribution in [-0.2, 0) is 5.75 Å². The minimum Gasteiger partial charge on any atom is -0.497 e. The monoisotopic (exact) mass is 437 g/mol. The molecule has 0 amide bonds. The van der Waals surface area contributed by atoms with E-state index < -0.39 is 0 Å². The summed E-state index contributed by atoms with van der Waals surface area (Å²) in [5.74, 6) is 1.69. The smallest absolute Gasteiger partial charge is 0.149 e. The van der Waals surface area contributed by atoms with Crippen molar-refractivity contribution < 1.29 is 4.74 Å². The van der Waals surface area contributed by atoms with E-state index in [0.29, 0.717) is 0 Å². The molecule has 5 heteroatoms. The van der Waals surface area contributed by atoms with Crippen LogP contribution < -0.4 is 4.74 Å². The Bertz CT molecular complexity index is 1340. The maximum atomic E-state index is 5.33. The van der Waals surface area contributed by atoms with Gasteiger partial charge in [0.2, 0.25) is 0 Å². The van der Waals surface area contributed by atoms with Gasteiger partial charge in [0.15, 0.2) is 0 Å². The van der Waals surface area contributed by atoms with Gasteiger partial charge in [0.05, 0.1) is 12.5 Å². The predicted octanol–water partition coefficient (Wildman–Crippen LogP) is 6.70. The molecule has 0 saturated heterocycles. The van der Waals surface area contributed by atoms with Gasteiger partial charge in [-0.15, -0.1) is 11.8 Å². The molecule has 0 aliphatic carbocycles. The van der Waals surface area contributed by atoms with E-state index >= 15 is 0 Å². The van der Waals surface area contributed by atoms with Gasteiger partial charge in [-0.05, 0) is 42.3 Å². The number of methoxy groups -OCH3 is 1. The predicted molar refractivity (Wildman–Crippen MR) is 132 cm³/mol. The Morgan fingerprint density at radius 2 is 1.62 bits per heavy atom. The van der Waals surface area contributed by atoms with Crippen LogP contribution in [0.1, 0.15) is 11.1 Å². The van der Waals surface area contributed by atoms with Crippen LogP contribution in [0, 0.1) is 6.92 Å². The molecule has 3 aromatic carbocycles. The molecule has 0 N–H and O–H groups in total. The summed E-state index contributed by atoms with van der Waals surface area (Å²) < 4.78 is 7.46. The number of aryl methyl sites for hydroxylation is 1. The molecule has 5 rings (SSSR count). The van der Waals surface area contributed by atoms with E-state index in [9.17, 15) is 0 Å². The van der Waals surface area contributed by atoms with Gasteiger partial charge in [0, 0.05) is 23.2 Å². The van der Waals surface area contributed by atoms with E-state index in [1.54, 1.807) is 25.2 Å². The first kappa shape index (κ1) is 20.3. The number of hydrogen-bond donors (Lipinski definition) is 0. The Hall–Kier alpha value is -3.57. The molecule has 0 atom stereocenters. The van der Waals surface area contributed by atoms with Gasteiger partial charge in [-0.25, -0.2) is 9.97 Å². The molecule has 0 radical (unpaired) electrons. The van der Waals surface area contributed by atoms with Crippen molar-refractivity contribution in [3.05, 3.63) is 103 Å². The van der Waals surface area contributed by atoms with Crippen LogP contribution in [-0.4, -0.2) is 21.6 Å². The van der Waals surface area contributed by atoms with Gasteiger partial charge >= 0.3 is 0 Å². The van der Waals surface area contributed by atoms with Crippen molar-refractivity contribution in [1.29, 1.82) is 0 Å². The zero-order valence-corrected chi connectivity index (χ0v) is 18.8. The first-order valence-electron chi connectivity index (χ1n) is 10.5. The molecule has 32 heavy (non-hydrogen) atoms. The van der Waals surface area contributed by atoms with Gasteiger partial charge in [-0.1, -0.05) is 60.2 Å². The van der Waals surface area contributed by atoms with E-state index in [1.807, 2.05) is 30.3 Å². The molecule has 0 aliphatic rings. The molecule has 0 spiro atoms. The molecule has 0 saturated carbocycles. The lowest BCUT2D eigenvalue weighted by Gasteiger charge is -2.07. The van der Waals surface area contributed by atoms with Crippen molar-refractivity contribution in [2.45, 2.75) is 17.7 Å². The number of thioether (sulfide) groups is 1. The van der Waals surface area contributed by atoms with Crippen molar-refractivity contribution in [3.63, 3.8) is 0 Å². The van der Waals surface area contributed by atoms with Crippen LogP contribution in [0.5, 0.6) is 5.75 Å². The number of aromatic nitrogens is 3. The van der Waals surface area contributed by atoms with E-state index in [1.165, 1.54) is 11.1 Å². The average molecular weight is 438 g/mol. The lowest BCUT2D eigenvalue weighted by Crippen LogP contribution is -1.95. The van der Waals surface area contributed by atoms with Gasteiger partial charge in [0.25, 0.3) is 0 Å². The number of ether oxygens (including phenoxy) is 1. The number of nitrogens with zero attached hydrogens (tertiary/aromatic N) is 3. The Balaban J connectivity index is 1.62. The van der Waals surface area contributed by atoms with Crippen LogP contribution in [0.3, 0.4) is 0 Å². The molecule has 2 heterocycles. The quantitative estimate of drug-likeness (QED) is 0.219. The van der Waals surface area contributed by atoms with Gasteiger partial charge < -0.3 is 9.30 Å². The normalized spacial score (nSPS) is 11.1. The second-order valence-electron chi connectivity index (χ2n) is 7.63. The number of hydrogen-bond acceptors (Lipinski definition) is 4. The highest BCUT2D eigenvalue weighted by molar-refractivity contribution is 7.98. The van der Waals surface area contributed by atoms with Crippen molar-refractivity contribution in [2.24, 2.45) is 0 Å². The molecule has 0 unspecified atom stereocenters. The molecular formula is C27H23N3OS. The van der Waals surface area contributed by atoms with Gasteiger partial charge in [-0.2, -0.15) is 0 Å². The van der Waals surface area contributed by atoms with Gasteiger partial charge in [-0.3, -0.25) is 0 Å². The zero-order chi connectivity index (χ0) is 21.9. The molecule has 4 nitrogen and oxygen atoms in total. The Morgan fingerprint density at radius 1 is 0.875 bits per heavy atom. The Labute approximate surface area is 191 Å². The molecule has 0 bridgehead atoms. The van der Waals surface area contributed by atoms with Crippen molar-refractivity contribution in [2.75, 3.05) is 7.11 Å². The fourth-order valence-electron chi connectivity index (χ4n) is 3.76. The molecule has 5 aromatic rings. The molecule has 2 aromatic heterocycles. The summed E-state index contributed by atoms with van der Waals surface area (Å²) >= 11 is 1.75. The summed E-state index contributed by atoms with van der Waals surface area (Å²) in [7, 11) is 1.68. The third-order valence-corrected chi connectivity index (χ3v) is 6.54. The number of fused-ring (bicyclic) bond motifs is 1. The fourth-order valence-corrected chi connectivity index (χ4v) is 4.72. The molecular weight excluding hydrogens is 414 g/mol. The number of benzene rings is 3. The summed E-state index contributed by atoms with van der Waals surface area (Å²) in [6.07, 6.45) is 3.82. The first-order valence-corrected chi connectivity index (χ1v) is 11.5. The average Bonchev–Trinajstić information content (AvgIpc) is 3.25. The summed E-state index contributed by atoms with van der Waals surface area (Å²) in [5, 5.41) is 2.06. The lowest BCUT2D eigenvalue weighted by atomic mass is 10.1. The highest BCUT2D eigenvalue weighted by Gasteiger charge is 2.17. The van der Waals surface area contributed by atoms with Crippen LogP contribution in [0.2, 0.25) is 0 Å².